The minimum Gasteiger partial charge on any atom is -0.370 e. The fourth-order valence-corrected chi connectivity index (χ4v) is 2.00. The number of carbonyl (C=O) groups is 2. The van der Waals surface area contributed by atoms with E-state index in [4.69, 9.17) is 11.5 Å². The van der Waals surface area contributed by atoms with E-state index < -0.39 is 17.9 Å². The largest absolute Gasteiger partial charge is 0.370 e. The summed E-state index contributed by atoms with van der Waals surface area (Å²) in [6.45, 7) is 0. The van der Waals surface area contributed by atoms with Crippen LogP contribution in [0.4, 0.5) is 0 Å². The van der Waals surface area contributed by atoms with Gasteiger partial charge in [0.25, 0.3) is 0 Å². The molecular formula is C10H19N3O2. The van der Waals surface area contributed by atoms with E-state index >= 15 is 0 Å². The summed E-state index contributed by atoms with van der Waals surface area (Å²) in [4.78, 5) is 21.8. The zero-order valence-electron chi connectivity index (χ0n) is 8.87. The molecule has 1 aliphatic carbocycles. The number of hydrogen-bond donors (Lipinski definition) is 3. The van der Waals surface area contributed by atoms with Crippen LogP contribution in [-0.4, -0.2) is 23.9 Å². The molecule has 5 heteroatoms. The zero-order valence-corrected chi connectivity index (χ0v) is 8.87. The molecule has 1 atom stereocenters. The molecule has 0 aromatic carbocycles. The topological polar surface area (TPSA) is 98.2 Å². The number of nitrogens with one attached hydrogen (secondary N) is 1. The van der Waals surface area contributed by atoms with E-state index in [-0.39, 0.29) is 6.42 Å². The Hall–Kier alpha value is -1.10. The minimum absolute atomic E-state index is 0.00810. The summed E-state index contributed by atoms with van der Waals surface area (Å²) in [6, 6.07) is -0.304. The Kier molecular flexibility index (Phi) is 4.55. The van der Waals surface area contributed by atoms with Gasteiger partial charge >= 0.3 is 0 Å². The lowest BCUT2D eigenvalue weighted by Crippen LogP contribution is -2.48. The van der Waals surface area contributed by atoms with Crippen molar-refractivity contribution in [2.45, 2.75) is 50.6 Å². The van der Waals surface area contributed by atoms with Crippen molar-refractivity contribution in [2.75, 3.05) is 0 Å². The third-order valence-corrected chi connectivity index (χ3v) is 2.79. The van der Waals surface area contributed by atoms with Crippen LogP contribution in [0.5, 0.6) is 0 Å². The fourth-order valence-electron chi connectivity index (χ4n) is 2.00. The average molecular weight is 213 g/mol. The number of hydrogen-bond acceptors (Lipinski definition) is 3. The molecule has 1 rings (SSSR count). The predicted octanol–water partition coefficient (Wildman–Crippen LogP) is -0.362. The molecule has 86 valence electrons. The van der Waals surface area contributed by atoms with Crippen molar-refractivity contribution >= 4 is 11.8 Å². The van der Waals surface area contributed by atoms with Gasteiger partial charge in [0, 0.05) is 6.04 Å². The van der Waals surface area contributed by atoms with Gasteiger partial charge in [0.1, 0.15) is 0 Å². The van der Waals surface area contributed by atoms with Gasteiger partial charge in [-0.1, -0.05) is 19.3 Å². The first kappa shape index (κ1) is 12.0. The van der Waals surface area contributed by atoms with E-state index in [1.807, 2.05) is 0 Å². The third kappa shape index (κ3) is 4.29. The van der Waals surface area contributed by atoms with Gasteiger partial charge in [-0.3, -0.25) is 9.59 Å². The highest BCUT2D eigenvalue weighted by Gasteiger charge is 2.22. The van der Waals surface area contributed by atoms with E-state index in [2.05, 4.69) is 5.32 Å². The second-order valence-electron chi connectivity index (χ2n) is 4.13. The van der Waals surface area contributed by atoms with Crippen LogP contribution in [0, 0.1) is 0 Å². The van der Waals surface area contributed by atoms with Gasteiger partial charge in [-0.25, -0.2) is 0 Å². The lowest BCUT2D eigenvalue weighted by molar-refractivity contribution is -0.125. The van der Waals surface area contributed by atoms with Gasteiger partial charge in [0.15, 0.2) is 0 Å². The second-order valence-corrected chi connectivity index (χ2v) is 4.13. The van der Waals surface area contributed by atoms with E-state index in [1.54, 1.807) is 0 Å². The van der Waals surface area contributed by atoms with E-state index in [0.717, 1.165) is 12.8 Å². The molecule has 0 aromatic rings. The molecule has 0 heterocycles. The highest BCUT2D eigenvalue weighted by atomic mass is 16.2. The van der Waals surface area contributed by atoms with Crippen molar-refractivity contribution in [3.8, 4) is 0 Å². The van der Waals surface area contributed by atoms with Gasteiger partial charge in [-0.05, 0) is 12.8 Å². The number of rotatable bonds is 5. The molecular weight excluding hydrogens is 194 g/mol. The Morgan fingerprint density at radius 3 is 2.27 bits per heavy atom. The highest BCUT2D eigenvalue weighted by molar-refractivity contribution is 5.86. The third-order valence-electron chi connectivity index (χ3n) is 2.79. The van der Waals surface area contributed by atoms with Crippen LogP contribution < -0.4 is 16.8 Å². The van der Waals surface area contributed by atoms with E-state index in [9.17, 15) is 9.59 Å². The minimum atomic E-state index is -0.606. The van der Waals surface area contributed by atoms with Crippen molar-refractivity contribution < 1.29 is 9.59 Å². The molecule has 0 saturated heterocycles. The first-order chi connectivity index (χ1) is 7.09. The molecule has 5 N–H and O–H groups in total. The van der Waals surface area contributed by atoms with Crippen LogP contribution in [0.2, 0.25) is 0 Å². The molecule has 1 aliphatic rings. The SMILES string of the molecule is NC(=O)C[C@H](NC1CCCCC1)C(N)=O. The maximum absolute atomic E-state index is 11.1. The van der Waals surface area contributed by atoms with Crippen molar-refractivity contribution in [3.05, 3.63) is 0 Å². The predicted molar refractivity (Wildman–Crippen MR) is 56.8 cm³/mol. The first-order valence-electron chi connectivity index (χ1n) is 5.43. The van der Waals surface area contributed by atoms with Gasteiger partial charge in [0.2, 0.25) is 11.8 Å². The Morgan fingerprint density at radius 2 is 1.80 bits per heavy atom. The van der Waals surface area contributed by atoms with Crippen molar-refractivity contribution in [1.82, 2.24) is 5.32 Å². The lowest BCUT2D eigenvalue weighted by atomic mass is 9.94. The molecule has 15 heavy (non-hydrogen) atoms. The molecule has 1 fully saturated rings. The quantitative estimate of drug-likeness (QED) is 0.581. The van der Waals surface area contributed by atoms with Gasteiger partial charge < -0.3 is 16.8 Å². The van der Waals surface area contributed by atoms with Gasteiger partial charge in [0.05, 0.1) is 12.5 Å². The molecule has 0 bridgehead atoms. The number of carbonyl (C=O) groups excluding carboxylic acids is 2. The second kappa shape index (κ2) is 5.70. The fraction of sp³-hybridized carbons (Fsp3) is 0.800. The highest BCUT2D eigenvalue weighted by Crippen LogP contribution is 2.18. The summed E-state index contributed by atoms with van der Waals surface area (Å²) in [5, 5.41) is 3.11. The smallest absolute Gasteiger partial charge is 0.235 e. The average Bonchev–Trinajstić information content (AvgIpc) is 2.17. The normalized spacial score (nSPS) is 19.7. The monoisotopic (exact) mass is 213 g/mol. The number of amides is 2. The van der Waals surface area contributed by atoms with Crippen LogP contribution in [0.3, 0.4) is 0 Å². The Bertz CT molecular complexity index is 237. The first-order valence-corrected chi connectivity index (χ1v) is 5.43. The van der Waals surface area contributed by atoms with Crippen molar-refractivity contribution in [2.24, 2.45) is 11.5 Å². The number of primary amides is 2. The summed E-state index contributed by atoms with van der Waals surface area (Å²) in [5.41, 5.74) is 10.2. The standard InChI is InChI=1S/C10H19N3O2/c11-9(14)6-8(10(12)15)13-7-4-2-1-3-5-7/h7-8,13H,1-6H2,(H2,11,14)(H2,12,15)/t8-/m0/s1. The molecule has 0 radical (unpaired) electrons. The summed E-state index contributed by atoms with van der Waals surface area (Å²) < 4.78 is 0. The summed E-state index contributed by atoms with van der Waals surface area (Å²) in [7, 11) is 0. The summed E-state index contributed by atoms with van der Waals surface area (Å²) >= 11 is 0. The lowest BCUT2D eigenvalue weighted by Gasteiger charge is -2.26. The molecule has 0 unspecified atom stereocenters. The molecule has 0 spiro atoms. The van der Waals surface area contributed by atoms with Crippen LogP contribution in [0.25, 0.3) is 0 Å². The van der Waals surface area contributed by atoms with E-state index in [1.165, 1.54) is 19.3 Å². The van der Waals surface area contributed by atoms with E-state index in [0.29, 0.717) is 6.04 Å². The molecule has 5 nitrogen and oxygen atoms in total. The van der Waals surface area contributed by atoms with Crippen LogP contribution in [0.15, 0.2) is 0 Å². The Balaban J connectivity index is 2.42. The molecule has 2 amide bonds. The maximum atomic E-state index is 11.1. The van der Waals surface area contributed by atoms with Crippen LogP contribution in [-0.2, 0) is 9.59 Å². The Labute approximate surface area is 89.6 Å². The summed E-state index contributed by atoms with van der Waals surface area (Å²) in [5.74, 6) is -0.999. The van der Waals surface area contributed by atoms with Gasteiger partial charge in [-0.15, -0.1) is 0 Å². The van der Waals surface area contributed by atoms with Crippen molar-refractivity contribution in [3.63, 3.8) is 0 Å². The molecule has 1 saturated carbocycles. The number of nitrogens with two attached hydrogens (primary N) is 2. The maximum Gasteiger partial charge on any atom is 0.235 e. The van der Waals surface area contributed by atoms with Crippen LogP contribution in [0.1, 0.15) is 38.5 Å². The summed E-state index contributed by atoms with van der Waals surface area (Å²) in [6.07, 6.45) is 5.66. The van der Waals surface area contributed by atoms with Crippen molar-refractivity contribution in [1.29, 1.82) is 0 Å². The van der Waals surface area contributed by atoms with Crippen LogP contribution >= 0.6 is 0 Å². The van der Waals surface area contributed by atoms with Gasteiger partial charge in [-0.2, -0.15) is 0 Å². The molecule has 0 aromatic heterocycles. The zero-order chi connectivity index (χ0) is 11.3. The Morgan fingerprint density at radius 1 is 1.20 bits per heavy atom. The molecule has 0 aliphatic heterocycles.